The molecule has 384 valence electrons. The number of hydrogen-bond donors (Lipinski definition) is 11. The lowest BCUT2D eigenvalue weighted by Gasteiger charge is -2.64. The molecule has 1 aliphatic heterocycles. The zero-order valence-electron chi connectivity index (χ0n) is 41.2. The lowest BCUT2D eigenvalue weighted by atomic mass is 9.43. The highest BCUT2D eigenvalue weighted by molar-refractivity contribution is 6.47. The molecule has 2 aromatic rings. The summed E-state index contributed by atoms with van der Waals surface area (Å²) in [6.07, 6.45) is 4.61. The highest BCUT2D eigenvalue weighted by Crippen LogP contribution is 2.65. The Hall–Kier alpha value is -5.45. The first-order chi connectivity index (χ1) is 33.3. The van der Waals surface area contributed by atoms with E-state index in [4.69, 9.17) is 38.0 Å². The first kappa shape index (κ1) is 55.5. The normalized spacial score (nSPS) is 21.9. The van der Waals surface area contributed by atoms with Gasteiger partial charge in [-0.05, 0) is 130 Å². The molecule has 21 heteroatoms. The van der Waals surface area contributed by atoms with Gasteiger partial charge in [0.05, 0.1) is 18.1 Å². The Balaban J connectivity index is 1.13. The van der Waals surface area contributed by atoms with Crippen LogP contribution in [0.5, 0.6) is 0 Å². The van der Waals surface area contributed by atoms with E-state index in [0.29, 0.717) is 50.3 Å². The smallest absolute Gasteiger partial charge is 0.403 e. The summed E-state index contributed by atoms with van der Waals surface area (Å²) in [5.74, 6) is -4.48. The zero-order chi connectivity index (χ0) is 51.2. The minimum Gasteiger partial charge on any atom is -0.403 e. The minimum absolute atomic E-state index is 0.00971. The molecule has 1 saturated heterocycles. The third-order valence-electron chi connectivity index (χ3n) is 14.3. The second-order valence-electron chi connectivity index (χ2n) is 19.7. The summed E-state index contributed by atoms with van der Waals surface area (Å²) in [5, 5.41) is 15.4. The molecule has 4 aliphatic rings. The number of unbranched alkanes of at least 4 members (excludes halogenated alkanes) is 3. The van der Waals surface area contributed by atoms with E-state index in [1.807, 2.05) is 19.1 Å². The van der Waals surface area contributed by atoms with Crippen LogP contribution in [-0.4, -0.2) is 110 Å². The molecule has 0 radical (unpaired) electrons. The minimum atomic E-state index is -1.75. The molecule has 4 fully saturated rings. The van der Waals surface area contributed by atoms with Gasteiger partial charge in [-0.1, -0.05) is 63.6 Å². The van der Waals surface area contributed by atoms with Crippen LogP contribution in [0.1, 0.15) is 121 Å². The predicted octanol–water partition coefficient (Wildman–Crippen LogP) is 0.473. The van der Waals surface area contributed by atoms with Gasteiger partial charge in [0, 0.05) is 18.5 Å². The van der Waals surface area contributed by atoms with E-state index >= 15 is 0 Å². The Morgan fingerprint density at radius 1 is 0.714 bits per heavy atom. The quantitative estimate of drug-likeness (QED) is 0.0314. The van der Waals surface area contributed by atoms with Gasteiger partial charge in [-0.25, -0.2) is 0 Å². The summed E-state index contributed by atoms with van der Waals surface area (Å²) in [7, 11) is -0.993. The van der Waals surface area contributed by atoms with Gasteiger partial charge in [-0.15, -0.1) is 0 Å². The second-order valence-corrected chi connectivity index (χ2v) is 19.7. The summed E-state index contributed by atoms with van der Waals surface area (Å²) in [4.78, 5) is 92.5. The van der Waals surface area contributed by atoms with E-state index in [1.165, 1.54) is 5.56 Å². The van der Waals surface area contributed by atoms with Crippen LogP contribution in [-0.2, 0) is 44.5 Å². The summed E-state index contributed by atoms with van der Waals surface area (Å²) in [5.41, 5.74) is 32.5. The van der Waals surface area contributed by atoms with Crippen LogP contribution in [0, 0.1) is 17.3 Å². The largest absolute Gasteiger partial charge is 0.497 e. The molecule has 6 rings (SSSR count). The van der Waals surface area contributed by atoms with Crippen molar-refractivity contribution < 1.29 is 42.9 Å². The van der Waals surface area contributed by atoms with Crippen LogP contribution >= 0.6 is 0 Å². The predicted molar refractivity (Wildman–Crippen MR) is 265 cm³/mol. The maximum atomic E-state index is 13.8. The van der Waals surface area contributed by atoms with Crippen LogP contribution in [0.3, 0.4) is 0 Å². The van der Waals surface area contributed by atoms with Crippen LogP contribution in [0.4, 0.5) is 0 Å². The number of benzene rings is 2. The first-order valence-corrected chi connectivity index (χ1v) is 24.8. The van der Waals surface area contributed by atoms with E-state index in [9.17, 15) is 33.6 Å². The van der Waals surface area contributed by atoms with Crippen LogP contribution in [0.2, 0.25) is 0 Å². The topological polar surface area (TPSA) is 340 Å². The van der Waals surface area contributed by atoms with Crippen LogP contribution in [0.15, 0.2) is 48.5 Å². The third-order valence-corrected chi connectivity index (χ3v) is 14.3. The fourth-order valence-corrected chi connectivity index (χ4v) is 9.89. The van der Waals surface area contributed by atoms with Crippen molar-refractivity contribution in [1.82, 2.24) is 31.9 Å². The Morgan fingerprint density at radius 3 is 1.87 bits per heavy atom. The van der Waals surface area contributed by atoms with E-state index in [0.717, 1.165) is 43.2 Å². The van der Waals surface area contributed by atoms with Gasteiger partial charge in [-0.2, -0.15) is 0 Å². The van der Waals surface area contributed by atoms with E-state index in [2.05, 4.69) is 76.9 Å². The molecule has 0 spiro atoms. The highest BCUT2D eigenvalue weighted by atomic mass is 16.7. The average molecular weight is 974 g/mol. The van der Waals surface area contributed by atoms with Gasteiger partial charge in [0.25, 0.3) is 11.8 Å². The zero-order valence-corrected chi connectivity index (χ0v) is 41.2. The molecule has 20 nitrogen and oxygen atoms in total. The van der Waals surface area contributed by atoms with Gasteiger partial charge in [0.2, 0.25) is 29.5 Å². The van der Waals surface area contributed by atoms with Gasteiger partial charge in [-0.3, -0.25) is 33.6 Å². The third kappa shape index (κ3) is 14.6. The maximum Gasteiger partial charge on any atom is 0.497 e. The van der Waals surface area contributed by atoms with Crippen molar-refractivity contribution in [2.45, 2.75) is 153 Å². The monoisotopic (exact) mass is 974 g/mol. The van der Waals surface area contributed by atoms with Gasteiger partial charge >= 0.3 is 7.12 Å². The average Bonchev–Trinajstić information content (AvgIpc) is 3.70. The fourth-order valence-electron chi connectivity index (χ4n) is 9.89. The van der Waals surface area contributed by atoms with Gasteiger partial charge < -0.3 is 69.9 Å². The number of aryl methyl sites for hydroxylation is 1. The SMILES string of the molecule is CCCCc1ccc(-c2ccc(C(=O)NCCC(=O)N[C@@H](CCCCN)C(=O)N[C@@H](CCCCN)C(=O)N[C@@H](N)C(=O)N[C@@H](CC(N)=O)C(=O)N[C@@H](N)B3OC4C[C@@H]5C[C@@H](C5(C)C)[C@]4(C)O3)cc2)cc1. The number of primary amides is 1. The molecule has 2 bridgehead atoms. The molecular weight excluding hydrogens is 897 g/mol. The van der Waals surface area contributed by atoms with Crippen molar-refractivity contribution in [3.8, 4) is 11.1 Å². The second kappa shape index (κ2) is 25.6. The molecule has 3 saturated carbocycles. The molecule has 16 N–H and O–H groups in total. The number of nitrogens with two attached hydrogens (primary N) is 5. The summed E-state index contributed by atoms with van der Waals surface area (Å²) in [6, 6.07) is 10.5. The summed E-state index contributed by atoms with van der Waals surface area (Å²) in [6.45, 7) is 9.22. The Labute approximate surface area is 411 Å². The maximum absolute atomic E-state index is 13.8. The van der Waals surface area contributed by atoms with Gasteiger partial charge in [0.1, 0.15) is 24.2 Å². The molecule has 7 amide bonds. The van der Waals surface area contributed by atoms with Gasteiger partial charge in [0.15, 0.2) is 6.17 Å². The Kier molecular flexibility index (Phi) is 20.3. The molecule has 1 unspecified atom stereocenters. The van der Waals surface area contributed by atoms with Crippen molar-refractivity contribution in [2.75, 3.05) is 19.6 Å². The summed E-state index contributed by atoms with van der Waals surface area (Å²) >= 11 is 0. The molecule has 0 aromatic heterocycles. The number of rotatable bonds is 28. The van der Waals surface area contributed by atoms with E-state index in [1.54, 1.807) is 12.1 Å². The molecule has 3 aliphatic carbocycles. The standard InChI is InChI=1S/C49H76BN11O9/c1-5-6-11-29-14-16-30(17-15-29)31-18-20-32(21-19-31)42(64)56-25-22-40(63)57-34(12-7-9-23-51)43(65)58-35(13-8-10-24-52)44(66)60-41(54)46(68)59-36(28-39(53)62)45(67)61-47(55)50-69-38-27-33-26-37(48(33,2)3)49(38,4)70-50/h14-21,33-38,41,47H,5-13,22-28,51-52,54-55H2,1-4H3,(H2,53,62)(H,56,64)(H,57,63)(H,58,65)(H,59,68)(H,60,66)(H,61,67)/t33-,34-,35-,36-,37-,38?,41+,47+,49-/m0/s1. The first-order valence-electron chi connectivity index (χ1n) is 24.8. The van der Waals surface area contributed by atoms with Crippen molar-refractivity contribution >= 4 is 48.5 Å². The van der Waals surface area contributed by atoms with E-state index < -0.39 is 84.9 Å². The summed E-state index contributed by atoms with van der Waals surface area (Å²) < 4.78 is 12.5. The lowest BCUT2D eigenvalue weighted by molar-refractivity contribution is -0.199. The van der Waals surface area contributed by atoms with E-state index in [-0.39, 0.29) is 49.2 Å². The number of carbonyl (C=O) groups is 7. The van der Waals surface area contributed by atoms with Crippen molar-refractivity contribution in [2.24, 2.45) is 45.9 Å². The van der Waals surface area contributed by atoms with Crippen molar-refractivity contribution in [3.63, 3.8) is 0 Å². The number of hydrogen-bond acceptors (Lipinski definition) is 13. The number of nitrogens with one attached hydrogen (secondary N) is 6. The lowest BCUT2D eigenvalue weighted by Crippen LogP contribution is -2.65. The van der Waals surface area contributed by atoms with Crippen LogP contribution < -0.4 is 60.6 Å². The molecule has 70 heavy (non-hydrogen) atoms. The Morgan fingerprint density at radius 2 is 1.29 bits per heavy atom. The number of amides is 7. The molecule has 9 atom stereocenters. The van der Waals surface area contributed by atoms with Crippen LogP contribution in [0.25, 0.3) is 11.1 Å². The van der Waals surface area contributed by atoms with Crippen molar-refractivity contribution in [3.05, 3.63) is 59.7 Å². The molecule has 2 aromatic carbocycles. The Bertz CT molecular complexity index is 2130. The molecular formula is C49H76BN11O9. The number of carbonyl (C=O) groups excluding carboxylic acids is 7. The molecule has 1 heterocycles. The van der Waals surface area contributed by atoms with Crippen molar-refractivity contribution in [1.29, 1.82) is 0 Å². The fraction of sp³-hybridized carbons (Fsp3) is 0.612. The highest BCUT2D eigenvalue weighted by Gasteiger charge is 2.68.